The van der Waals surface area contributed by atoms with Gasteiger partial charge in [0.1, 0.15) is 5.82 Å². The summed E-state index contributed by atoms with van der Waals surface area (Å²) in [6.45, 7) is 0. The van der Waals surface area contributed by atoms with Gasteiger partial charge in [-0.2, -0.15) is 5.10 Å². The van der Waals surface area contributed by atoms with Gasteiger partial charge in [0.25, 0.3) is 0 Å². The lowest BCUT2D eigenvalue weighted by atomic mass is 9.98. The topological polar surface area (TPSA) is 15.6 Å². The normalized spacial score (nSPS) is 16.7. The Balaban J connectivity index is 1.75. The standard InChI is InChI=1S/C21H15Br2FN2/c22-16-8-4-14(5-9-16)20-13-21(15-6-10-18(24)11-7-15)26(25-20)19-3-1-2-17(23)12-19/h1-12,21H,13H2. The summed E-state index contributed by atoms with van der Waals surface area (Å²) in [5.41, 5.74) is 4.16. The maximum atomic E-state index is 13.4. The van der Waals surface area contributed by atoms with E-state index in [1.54, 1.807) is 0 Å². The molecule has 1 heterocycles. The lowest BCUT2D eigenvalue weighted by molar-refractivity contribution is 0.624. The summed E-state index contributed by atoms with van der Waals surface area (Å²) in [5.74, 6) is -0.227. The summed E-state index contributed by atoms with van der Waals surface area (Å²) in [6, 6.07) is 23.0. The van der Waals surface area contributed by atoms with Gasteiger partial charge >= 0.3 is 0 Å². The van der Waals surface area contributed by atoms with Crippen molar-refractivity contribution in [3.8, 4) is 0 Å². The maximum Gasteiger partial charge on any atom is 0.123 e. The fourth-order valence-electron chi connectivity index (χ4n) is 3.13. The Morgan fingerprint density at radius 3 is 2.31 bits per heavy atom. The van der Waals surface area contributed by atoms with E-state index in [-0.39, 0.29) is 11.9 Å². The lowest BCUT2D eigenvalue weighted by Crippen LogP contribution is -2.18. The monoisotopic (exact) mass is 472 g/mol. The van der Waals surface area contributed by atoms with Crippen molar-refractivity contribution < 1.29 is 4.39 Å². The highest BCUT2D eigenvalue weighted by molar-refractivity contribution is 9.10. The Hall–Kier alpha value is -1.98. The van der Waals surface area contributed by atoms with Crippen LogP contribution in [0.2, 0.25) is 0 Å². The molecule has 3 aromatic rings. The Bertz CT molecular complexity index is 953. The molecule has 0 radical (unpaired) electrons. The SMILES string of the molecule is Fc1ccc(C2CC(c3ccc(Br)cc3)=NN2c2cccc(Br)c2)cc1. The molecule has 5 heteroatoms. The quantitative estimate of drug-likeness (QED) is 0.412. The summed E-state index contributed by atoms with van der Waals surface area (Å²) in [7, 11) is 0. The summed E-state index contributed by atoms with van der Waals surface area (Å²) in [4.78, 5) is 0. The van der Waals surface area contributed by atoms with Gasteiger partial charge in [0, 0.05) is 15.4 Å². The second kappa shape index (κ2) is 7.33. The Labute approximate surface area is 168 Å². The summed E-state index contributed by atoms with van der Waals surface area (Å²) < 4.78 is 15.4. The maximum absolute atomic E-state index is 13.4. The van der Waals surface area contributed by atoms with Crippen LogP contribution in [-0.2, 0) is 0 Å². The van der Waals surface area contributed by atoms with Crippen LogP contribution in [0.15, 0.2) is 86.8 Å². The number of anilines is 1. The van der Waals surface area contributed by atoms with Gasteiger partial charge in [0.15, 0.2) is 0 Å². The van der Waals surface area contributed by atoms with Gasteiger partial charge < -0.3 is 0 Å². The molecule has 3 aromatic carbocycles. The highest BCUT2D eigenvalue weighted by Crippen LogP contribution is 2.37. The van der Waals surface area contributed by atoms with Gasteiger partial charge in [-0.3, -0.25) is 5.01 Å². The zero-order chi connectivity index (χ0) is 18.1. The number of nitrogens with zero attached hydrogens (tertiary/aromatic N) is 2. The molecule has 0 saturated heterocycles. The molecule has 4 rings (SSSR count). The minimum Gasteiger partial charge on any atom is -0.257 e. The van der Waals surface area contributed by atoms with Crippen molar-refractivity contribution in [3.63, 3.8) is 0 Å². The van der Waals surface area contributed by atoms with Crippen molar-refractivity contribution in [2.75, 3.05) is 5.01 Å². The molecule has 0 aliphatic carbocycles. The molecule has 130 valence electrons. The predicted molar refractivity (Wildman–Crippen MR) is 111 cm³/mol. The minimum absolute atomic E-state index is 0.0311. The van der Waals surface area contributed by atoms with Gasteiger partial charge in [-0.25, -0.2) is 4.39 Å². The van der Waals surface area contributed by atoms with Crippen LogP contribution in [0.25, 0.3) is 0 Å². The zero-order valence-corrected chi connectivity index (χ0v) is 16.9. The second-order valence-corrected chi connectivity index (χ2v) is 7.98. The number of benzene rings is 3. The van der Waals surface area contributed by atoms with Crippen LogP contribution in [-0.4, -0.2) is 5.71 Å². The van der Waals surface area contributed by atoms with E-state index in [0.717, 1.165) is 37.9 Å². The molecule has 0 spiro atoms. The molecule has 1 atom stereocenters. The molecule has 26 heavy (non-hydrogen) atoms. The predicted octanol–water partition coefficient (Wildman–Crippen LogP) is 6.71. The van der Waals surface area contributed by atoms with E-state index in [4.69, 9.17) is 5.10 Å². The average molecular weight is 474 g/mol. The lowest BCUT2D eigenvalue weighted by Gasteiger charge is -2.24. The highest BCUT2D eigenvalue weighted by Gasteiger charge is 2.30. The van der Waals surface area contributed by atoms with E-state index in [0.29, 0.717) is 0 Å². The number of hydrogen-bond donors (Lipinski definition) is 0. The van der Waals surface area contributed by atoms with Crippen LogP contribution in [0.1, 0.15) is 23.6 Å². The van der Waals surface area contributed by atoms with Crippen molar-refractivity contribution in [3.05, 3.63) is 98.7 Å². The number of halogens is 3. The van der Waals surface area contributed by atoms with E-state index in [1.165, 1.54) is 12.1 Å². The molecule has 0 N–H and O–H groups in total. The van der Waals surface area contributed by atoms with Crippen LogP contribution in [0, 0.1) is 5.82 Å². The van der Waals surface area contributed by atoms with Crippen LogP contribution < -0.4 is 5.01 Å². The fourth-order valence-corrected chi connectivity index (χ4v) is 3.78. The van der Waals surface area contributed by atoms with Crippen molar-refractivity contribution in [1.82, 2.24) is 0 Å². The van der Waals surface area contributed by atoms with Crippen molar-refractivity contribution in [1.29, 1.82) is 0 Å². The van der Waals surface area contributed by atoms with Crippen LogP contribution in [0.3, 0.4) is 0 Å². The summed E-state index contributed by atoms with van der Waals surface area (Å²) in [5, 5.41) is 6.92. The minimum atomic E-state index is -0.227. The third kappa shape index (κ3) is 3.60. The molecule has 2 nitrogen and oxygen atoms in total. The van der Waals surface area contributed by atoms with Crippen molar-refractivity contribution >= 4 is 43.3 Å². The largest absolute Gasteiger partial charge is 0.257 e. The first-order valence-electron chi connectivity index (χ1n) is 8.24. The first kappa shape index (κ1) is 17.4. The van der Waals surface area contributed by atoms with Gasteiger partial charge in [-0.15, -0.1) is 0 Å². The summed E-state index contributed by atoms with van der Waals surface area (Å²) in [6.07, 6.45) is 0.764. The first-order chi connectivity index (χ1) is 12.6. The molecule has 0 amide bonds. The third-order valence-electron chi connectivity index (χ3n) is 4.42. The van der Waals surface area contributed by atoms with Crippen LogP contribution in [0.5, 0.6) is 0 Å². The van der Waals surface area contributed by atoms with E-state index >= 15 is 0 Å². The molecule has 0 fully saturated rings. The van der Waals surface area contributed by atoms with Gasteiger partial charge in [-0.1, -0.05) is 62.2 Å². The van der Waals surface area contributed by atoms with E-state index < -0.39 is 0 Å². The highest BCUT2D eigenvalue weighted by atomic mass is 79.9. The van der Waals surface area contributed by atoms with E-state index in [1.807, 2.05) is 53.5 Å². The third-order valence-corrected chi connectivity index (χ3v) is 5.44. The first-order valence-corrected chi connectivity index (χ1v) is 9.82. The smallest absolute Gasteiger partial charge is 0.123 e. The second-order valence-electron chi connectivity index (χ2n) is 6.15. The molecule has 1 aliphatic rings. The Kier molecular flexibility index (Phi) is 4.92. The average Bonchev–Trinajstić information content (AvgIpc) is 3.08. The molecule has 0 saturated carbocycles. The fraction of sp³-hybridized carbons (Fsp3) is 0.0952. The molecule has 1 aliphatic heterocycles. The van der Waals surface area contributed by atoms with Crippen molar-refractivity contribution in [2.24, 2.45) is 5.10 Å². The van der Waals surface area contributed by atoms with Crippen molar-refractivity contribution in [2.45, 2.75) is 12.5 Å². The summed E-state index contributed by atoms with van der Waals surface area (Å²) >= 11 is 7.01. The van der Waals surface area contributed by atoms with Gasteiger partial charge in [-0.05, 0) is 53.6 Å². The zero-order valence-electron chi connectivity index (χ0n) is 13.7. The van der Waals surface area contributed by atoms with Gasteiger partial charge in [0.05, 0.1) is 17.4 Å². The molecular formula is C21H15Br2FN2. The molecule has 0 aromatic heterocycles. The Morgan fingerprint density at radius 1 is 0.885 bits per heavy atom. The Morgan fingerprint density at radius 2 is 1.62 bits per heavy atom. The van der Waals surface area contributed by atoms with E-state index in [2.05, 4.69) is 44.0 Å². The van der Waals surface area contributed by atoms with Crippen LogP contribution >= 0.6 is 31.9 Å². The van der Waals surface area contributed by atoms with Crippen LogP contribution in [0.4, 0.5) is 10.1 Å². The molecule has 1 unspecified atom stereocenters. The number of rotatable bonds is 3. The molecule has 0 bridgehead atoms. The van der Waals surface area contributed by atoms with Gasteiger partial charge in [0.2, 0.25) is 0 Å². The van der Waals surface area contributed by atoms with E-state index in [9.17, 15) is 4.39 Å². The number of hydrogen-bond acceptors (Lipinski definition) is 2. The molecular weight excluding hydrogens is 459 g/mol. The number of hydrazone groups is 1.